The number of hydrogen-bond donors (Lipinski definition) is 3. The van der Waals surface area contributed by atoms with Gasteiger partial charge >= 0.3 is 5.69 Å². The Morgan fingerprint density at radius 2 is 2.22 bits per heavy atom. The average Bonchev–Trinajstić information content (AvgIpc) is 3.04. The summed E-state index contributed by atoms with van der Waals surface area (Å²) in [5.74, 6) is -0.215. The highest BCUT2D eigenvalue weighted by Gasteiger charge is 2.20. The van der Waals surface area contributed by atoms with Gasteiger partial charge in [0, 0.05) is 16.2 Å². The molecule has 9 heteroatoms. The predicted molar refractivity (Wildman–Crippen MR) is 101 cm³/mol. The molecule has 4 aromatic heterocycles. The zero-order valence-corrected chi connectivity index (χ0v) is 15.2. The summed E-state index contributed by atoms with van der Waals surface area (Å²) in [7, 11) is 0. The van der Waals surface area contributed by atoms with Crippen LogP contribution in [0.2, 0.25) is 0 Å². The maximum Gasteiger partial charge on any atom is 0.326 e. The normalized spacial score (nSPS) is 15.9. The molecule has 1 saturated carbocycles. The lowest BCUT2D eigenvalue weighted by Crippen LogP contribution is -2.19. The number of aromatic amines is 2. The van der Waals surface area contributed by atoms with E-state index in [1.807, 2.05) is 6.07 Å². The Morgan fingerprint density at radius 3 is 2.89 bits per heavy atom. The smallest absolute Gasteiger partial charge is 0.326 e. The molecule has 0 amide bonds. The van der Waals surface area contributed by atoms with Crippen molar-refractivity contribution in [1.82, 2.24) is 24.6 Å². The van der Waals surface area contributed by atoms with Crippen molar-refractivity contribution in [3.8, 4) is 16.5 Å². The van der Waals surface area contributed by atoms with E-state index in [0.29, 0.717) is 16.9 Å². The number of aromatic hydroxyl groups is 1. The summed E-state index contributed by atoms with van der Waals surface area (Å²) in [5.41, 5.74) is 2.04. The predicted octanol–water partition coefficient (Wildman–Crippen LogP) is 1.10. The fraction of sp³-hybridized carbons (Fsp3) is 0.222. The molecule has 0 aliphatic heterocycles. The summed E-state index contributed by atoms with van der Waals surface area (Å²) in [6.45, 7) is 2.06. The number of aryl methyl sites for hydroxylation is 1. The first-order valence-electron chi connectivity index (χ1n) is 8.59. The van der Waals surface area contributed by atoms with Gasteiger partial charge in [-0.25, -0.2) is 9.78 Å². The molecular weight excluding hydrogens is 364 g/mol. The SMILES string of the molecule is Cc1ccc(-c2cc(=NC3CC3)n3ncc(=Cc4[nH]c(=O)[nH]c4O)c3n2)s1. The van der Waals surface area contributed by atoms with Crippen molar-refractivity contribution in [3.63, 3.8) is 0 Å². The van der Waals surface area contributed by atoms with E-state index < -0.39 is 5.69 Å². The molecule has 5 rings (SSSR count). The number of nitrogens with zero attached hydrogens (tertiary/aromatic N) is 4. The highest BCUT2D eigenvalue weighted by molar-refractivity contribution is 7.15. The molecule has 8 nitrogen and oxygen atoms in total. The third-order valence-electron chi connectivity index (χ3n) is 4.37. The van der Waals surface area contributed by atoms with Crippen LogP contribution in [0.15, 0.2) is 34.2 Å². The van der Waals surface area contributed by atoms with E-state index in [2.05, 4.69) is 34.1 Å². The van der Waals surface area contributed by atoms with Gasteiger partial charge in [0.2, 0.25) is 5.88 Å². The van der Waals surface area contributed by atoms with Crippen molar-refractivity contribution >= 4 is 23.1 Å². The number of fused-ring (bicyclic) bond motifs is 1. The first-order chi connectivity index (χ1) is 13.1. The van der Waals surface area contributed by atoms with Gasteiger partial charge in [-0.2, -0.15) is 9.61 Å². The molecule has 136 valence electrons. The standard InChI is InChI=1S/C18H16N6O2S/c1-9-2-5-14(27-9)12-7-15(20-11-3-4-11)24-16(21-12)10(8-19-24)6-13-17(25)23-18(26)22-13/h2,5-8,11,25H,3-4H2,1H3,(H2,22,23,26). The van der Waals surface area contributed by atoms with E-state index in [4.69, 9.17) is 9.98 Å². The van der Waals surface area contributed by atoms with Gasteiger partial charge in [-0.3, -0.25) is 9.98 Å². The average molecular weight is 380 g/mol. The number of hydrogen-bond acceptors (Lipinski definition) is 6. The lowest BCUT2D eigenvalue weighted by Gasteiger charge is -2.00. The summed E-state index contributed by atoms with van der Waals surface area (Å²) in [6, 6.07) is 6.42. The van der Waals surface area contributed by atoms with Crippen LogP contribution >= 0.6 is 11.3 Å². The van der Waals surface area contributed by atoms with Crippen molar-refractivity contribution in [1.29, 1.82) is 0 Å². The van der Waals surface area contributed by atoms with E-state index in [9.17, 15) is 9.90 Å². The molecule has 0 saturated heterocycles. The molecule has 0 aromatic carbocycles. The van der Waals surface area contributed by atoms with E-state index in [1.165, 1.54) is 4.88 Å². The second-order valence-corrected chi connectivity index (χ2v) is 7.88. The Morgan fingerprint density at radius 1 is 1.37 bits per heavy atom. The summed E-state index contributed by atoms with van der Waals surface area (Å²) in [5, 5.41) is 14.9. The number of aromatic nitrogens is 5. The van der Waals surface area contributed by atoms with Gasteiger partial charge < -0.3 is 10.1 Å². The third-order valence-corrected chi connectivity index (χ3v) is 5.39. The van der Waals surface area contributed by atoms with Gasteiger partial charge in [-0.1, -0.05) is 0 Å². The molecule has 3 N–H and O–H groups in total. The highest BCUT2D eigenvalue weighted by Crippen LogP contribution is 2.26. The highest BCUT2D eigenvalue weighted by atomic mass is 32.1. The van der Waals surface area contributed by atoms with E-state index in [1.54, 1.807) is 28.1 Å². The summed E-state index contributed by atoms with van der Waals surface area (Å²) < 4.78 is 1.70. The molecule has 1 aliphatic rings. The van der Waals surface area contributed by atoms with Crippen LogP contribution in [0.5, 0.6) is 5.88 Å². The Labute approximate surface area is 156 Å². The van der Waals surface area contributed by atoms with Crippen LogP contribution in [0.4, 0.5) is 0 Å². The van der Waals surface area contributed by atoms with Crippen LogP contribution in [0.3, 0.4) is 0 Å². The molecule has 4 aromatic rings. The summed E-state index contributed by atoms with van der Waals surface area (Å²) in [6.07, 6.45) is 5.49. The molecule has 0 bridgehead atoms. The number of nitrogens with one attached hydrogen (secondary N) is 2. The van der Waals surface area contributed by atoms with E-state index in [0.717, 1.165) is 28.9 Å². The van der Waals surface area contributed by atoms with Crippen molar-refractivity contribution < 1.29 is 5.11 Å². The molecule has 0 radical (unpaired) electrons. The first kappa shape index (κ1) is 16.0. The molecule has 4 heterocycles. The Hall–Kier alpha value is -3.20. The van der Waals surface area contributed by atoms with E-state index >= 15 is 0 Å². The minimum absolute atomic E-state index is 0.215. The van der Waals surface area contributed by atoms with Gasteiger partial charge in [-0.05, 0) is 38.0 Å². The number of rotatable bonds is 3. The zero-order chi connectivity index (χ0) is 18.5. The van der Waals surface area contributed by atoms with Crippen LogP contribution in [0.25, 0.3) is 22.3 Å². The van der Waals surface area contributed by atoms with Gasteiger partial charge in [-0.15, -0.1) is 11.3 Å². The summed E-state index contributed by atoms with van der Waals surface area (Å²) in [4.78, 5) is 28.1. The van der Waals surface area contributed by atoms with Crippen molar-refractivity contribution in [2.75, 3.05) is 0 Å². The largest absolute Gasteiger partial charge is 0.493 e. The maximum atomic E-state index is 11.4. The number of imidazole rings is 1. The van der Waals surface area contributed by atoms with Gasteiger partial charge in [0.25, 0.3) is 0 Å². The lowest BCUT2D eigenvalue weighted by atomic mass is 10.3. The molecule has 27 heavy (non-hydrogen) atoms. The zero-order valence-electron chi connectivity index (χ0n) is 14.4. The molecule has 1 fully saturated rings. The fourth-order valence-corrected chi connectivity index (χ4v) is 3.72. The summed E-state index contributed by atoms with van der Waals surface area (Å²) >= 11 is 1.67. The fourth-order valence-electron chi connectivity index (χ4n) is 2.89. The molecule has 0 unspecified atom stereocenters. The van der Waals surface area contributed by atoms with Crippen molar-refractivity contribution in [3.05, 3.63) is 56.2 Å². The minimum atomic E-state index is -0.470. The lowest BCUT2D eigenvalue weighted by molar-refractivity contribution is 0.454. The minimum Gasteiger partial charge on any atom is -0.493 e. The van der Waals surface area contributed by atoms with Gasteiger partial charge in [0.15, 0.2) is 11.1 Å². The first-order valence-corrected chi connectivity index (χ1v) is 9.41. The van der Waals surface area contributed by atoms with Crippen LogP contribution in [-0.2, 0) is 0 Å². The van der Waals surface area contributed by atoms with E-state index in [-0.39, 0.29) is 11.6 Å². The van der Waals surface area contributed by atoms with Gasteiger partial charge in [0.1, 0.15) is 5.69 Å². The third kappa shape index (κ3) is 2.95. The van der Waals surface area contributed by atoms with Gasteiger partial charge in [0.05, 0.1) is 22.8 Å². The maximum absolute atomic E-state index is 11.4. The van der Waals surface area contributed by atoms with Crippen LogP contribution < -0.4 is 16.4 Å². The molecule has 1 aliphatic carbocycles. The Bertz CT molecular complexity index is 1340. The van der Waals surface area contributed by atoms with Crippen LogP contribution in [-0.4, -0.2) is 35.7 Å². The monoisotopic (exact) mass is 380 g/mol. The van der Waals surface area contributed by atoms with Crippen LogP contribution in [0.1, 0.15) is 23.4 Å². The number of H-pyrrole nitrogens is 2. The second kappa shape index (κ2) is 5.92. The quantitative estimate of drug-likeness (QED) is 0.494. The van der Waals surface area contributed by atoms with Crippen molar-refractivity contribution in [2.24, 2.45) is 4.99 Å². The number of thiophene rings is 1. The second-order valence-electron chi connectivity index (χ2n) is 6.59. The Kier molecular flexibility index (Phi) is 3.51. The molecule has 0 spiro atoms. The van der Waals surface area contributed by atoms with Crippen molar-refractivity contribution in [2.45, 2.75) is 25.8 Å². The topological polar surface area (TPSA) is 111 Å². The molecular formula is C18H16N6O2S. The van der Waals surface area contributed by atoms with Crippen LogP contribution in [0, 0.1) is 6.92 Å². The molecule has 0 atom stereocenters. The Balaban J connectivity index is 1.79.